The molecule has 1 aliphatic heterocycles. The van der Waals surface area contributed by atoms with Gasteiger partial charge in [-0.25, -0.2) is 0 Å². The van der Waals surface area contributed by atoms with Crippen LogP contribution in [0.4, 0.5) is 0 Å². The van der Waals surface area contributed by atoms with Gasteiger partial charge >= 0.3 is 0 Å². The Bertz CT molecular complexity index is 1010. The Balaban J connectivity index is 1.61. The lowest BCUT2D eigenvalue weighted by molar-refractivity contribution is -0.124. The molecule has 2 aromatic carbocycles. The largest absolute Gasteiger partial charge is 0.351 e. The maximum atomic E-state index is 12.4. The SMILES string of the molecule is N#CCCNC(=O)c1cccc(-c2ccc(C[C@@H](C#N)NC(=O)C3CCCCN3)cc2)c1. The zero-order chi connectivity index (χ0) is 22.8. The van der Waals surface area contributed by atoms with Gasteiger partial charge in [0, 0.05) is 18.5 Å². The lowest BCUT2D eigenvalue weighted by Crippen LogP contribution is -2.49. The Morgan fingerprint density at radius 2 is 1.91 bits per heavy atom. The molecule has 1 aliphatic rings. The molecule has 7 nitrogen and oxygen atoms in total. The Morgan fingerprint density at radius 3 is 2.59 bits per heavy atom. The van der Waals surface area contributed by atoms with E-state index >= 15 is 0 Å². The molecule has 32 heavy (non-hydrogen) atoms. The summed E-state index contributed by atoms with van der Waals surface area (Å²) in [4.78, 5) is 24.6. The van der Waals surface area contributed by atoms with Crippen LogP contribution in [0.15, 0.2) is 48.5 Å². The minimum absolute atomic E-state index is 0.113. The summed E-state index contributed by atoms with van der Waals surface area (Å²) in [5, 5.41) is 26.9. The van der Waals surface area contributed by atoms with Gasteiger partial charge < -0.3 is 16.0 Å². The zero-order valence-electron chi connectivity index (χ0n) is 17.9. The van der Waals surface area contributed by atoms with Crippen molar-refractivity contribution in [2.45, 2.75) is 44.2 Å². The maximum absolute atomic E-state index is 12.4. The number of nitriles is 2. The van der Waals surface area contributed by atoms with Crippen molar-refractivity contribution in [2.75, 3.05) is 13.1 Å². The van der Waals surface area contributed by atoms with Crippen LogP contribution >= 0.6 is 0 Å². The Kier molecular flexibility index (Phi) is 8.36. The van der Waals surface area contributed by atoms with Crippen LogP contribution in [0.5, 0.6) is 0 Å². The molecule has 0 radical (unpaired) electrons. The molecule has 164 valence electrons. The first-order valence-electron chi connectivity index (χ1n) is 10.9. The normalized spacial score (nSPS) is 16.2. The van der Waals surface area contributed by atoms with Crippen molar-refractivity contribution < 1.29 is 9.59 Å². The molecule has 3 rings (SSSR count). The molecule has 3 N–H and O–H groups in total. The number of nitrogens with one attached hydrogen (secondary N) is 3. The van der Waals surface area contributed by atoms with Gasteiger partial charge in [-0.2, -0.15) is 10.5 Å². The zero-order valence-corrected chi connectivity index (χ0v) is 17.9. The van der Waals surface area contributed by atoms with Crippen molar-refractivity contribution in [3.8, 4) is 23.3 Å². The van der Waals surface area contributed by atoms with Crippen molar-refractivity contribution in [1.29, 1.82) is 10.5 Å². The summed E-state index contributed by atoms with van der Waals surface area (Å²) in [5.41, 5.74) is 3.33. The summed E-state index contributed by atoms with van der Waals surface area (Å²) in [5.74, 6) is -0.323. The lowest BCUT2D eigenvalue weighted by atomic mass is 9.99. The molecule has 0 bridgehead atoms. The molecule has 0 aromatic heterocycles. The number of carbonyl (C=O) groups is 2. The van der Waals surface area contributed by atoms with E-state index in [1.54, 1.807) is 6.07 Å². The van der Waals surface area contributed by atoms with Gasteiger partial charge in [0.05, 0.1) is 24.6 Å². The molecule has 2 aromatic rings. The number of amides is 2. The molecule has 2 atom stereocenters. The van der Waals surface area contributed by atoms with Crippen LogP contribution in [0, 0.1) is 22.7 Å². The minimum Gasteiger partial charge on any atom is -0.351 e. The first kappa shape index (κ1) is 23.0. The summed E-state index contributed by atoms with van der Waals surface area (Å²) in [6, 6.07) is 18.4. The van der Waals surface area contributed by atoms with E-state index in [0.717, 1.165) is 42.5 Å². The first-order chi connectivity index (χ1) is 15.6. The lowest BCUT2D eigenvalue weighted by Gasteiger charge is -2.23. The number of benzene rings is 2. The first-order valence-corrected chi connectivity index (χ1v) is 10.9. The number of hydrogen-bond donors (Lipinski definition) is 3. The van der Waals surface area contributed by atoms with Crippen LogP contribution in [-0.4, -0.2) is 37.0 Å². The number of hydrogen-bond acceptors (Lipinski definition) is 5. The summed E-state index contributed by atoms with van der Waals surface area (Å²) >= 11 is 0. The quantitative estimate of drug-likeness (QED) is 0.558. The van der Waals surface area contributed by atoms with E-state index in [1.165, 1.54) is 0 Å². The molecule has 1 heterocycles. The van der Waals surface area contributed by atoms with Crippen LogP contribution in [-0.2, 0) is 11.2 Å². The summed E-state index contributed by atoms with van der Waals surface area (Å²) in [7, 11) is 0. The predicted octanol–water partition coefficient (Wildman–Crippen LogP) is 2.69. The van der Waals surface area contributed by atoms with Crippen molar-refractivity contribution in [1.82, 2.24) is 16.0 Å². The minimum atomic E-state index is -0.586. The van der Waals surface area contributed by atoms with E-state index in [9.17, 15) is 14.9 Å². The highest BCUT2D eigenvalue weighted by molar-refractivity contribution is 5.95. The average Bonchev–Trinajstić information content (AvgIpc) is 2.84. The van der Waals surface area contributed by atoms with Crippen molar-refractivity contribution in [2.24, 2.45) is 0 Å². The Hall–Kier alpha value is -3.68. The van der Waals surface area contributed by atoms with Crippen LogP contribution in [0.25, 0.3) is 11.1 Å². The molecular weight excluding hydrogens is 402 g/mol. The van der Waals surface area contributed by atoms with Gasteiger partial charge in [0.25, 0.3) is 5.91 Å². The fraction of sp³-hybridized carbons (Fsp3) is 0.360. The van der Waals surface area contributed by atoms with Crippen molar-refractivity contribution >= 4 is 11.8 Å². The average molecular weight is 430 g/mol. The number of nitrogens with zero attached hydrogens (tertiary/aromatic N) is 2. The van der Waals surface area contributed by atoms with Crippen molar-refractivity contribution in [3.63, 3.8) is 0 Å². The Morgan fingerprint density at radius 1 is 1.09 bits per heavy atom. The number of carbonyl (C=O) groups excluding carboxylic acids is 2. The topological polar surface area (TPSA) is 118 Å². The van der Waals surface area contributed by atoms with Gasteiger partial charge in [-0.1, -0.05) is 42.8 Å². The van der Waals surface area contributed by atoms with E-state index in [1.807, 2.05) is 48.5 Å². The highest BCUT2D eigenvalue weighted by atomic mass is 16.2. The molecular formula is C25H27N5O2. The monoisotopic (exact) mass is 429 g/mol. The van der Waals surface area contributed by atoms with E-state index < -0.39 is 6.04 Å². The van der Waals surface area contributed by atoms with Crippen LogP contribution in [0.1, 0.15) is 41.6 Å². The second kappa shape index (κ2) is 11.6. The van der Waals surface area contributed by atoms with Crippen molar-refractivity contribution in [3.05, 3.63) is 59.7 Å². The molecule has 0 spiro atoms. The summed E-state index contributed by atoms with van der Waals surface area (Å²) in [6.07, 6.45) is 3.60. The van der Waals surface area contributed by atoms with Crippen LogP contribution in [0.3, 0.4) is 0 Å². The fourth-order valence-corrected chi connectivity index (χ4v) is 3.72. The highest BCUT2D eigenvalue weighted by Crippen LogP contribution is 2.21. The third-order valence-corrected chi connectivity index (χ3v) is 5.47. The maximum Gasteiger partial charge on any atom is 0.251 e. The molecule has 2 amide bonds. The fourth-order valence-electron chi connectivity index (χ4n) is 3.72. The molecule has 7 heteroatoms. The number of piperidine rings is 1. The van der Waals surface area contributed by atoms with E-state index in [-0.39, 0.29) is 24.3 Å². The van der Waals surface area contributed by atoms with Crippen LogP contribution in [0.2, 0.25) is 0 Å². The molecule has 0 saturated carbocycles. The van der Waals surface area contributed by atoms with E-state index in [4.69, 9.17) is 5.26 Å². The second-order valence-electron chi connectivity index (χ2n) is 7.84. The van der Waals surface area contributed by atoms with Gasteiger partial charge in [0.15, 0.2) is 0 Å². The van der Waals surface area contributed by atoms with Gasteiger partial charge in [0.1, 0.15) is 6.04 Å². The third-order valence-electron chi connectivity index (χ3n) is 5.47. The summed E-state index contributed by atoms with van der Waals surface area (Å²) in [6.45, 7) is 1.15. The highest BCUT2D eigenvalue weighted by Gasteiger charge is 2.23. The van der Waals surface area contributed by atoms with E-state index in [0.29, 0.717) is 18.5 Å². The van der Waals surface area contributed by atoms with Gasteiger partial charge in [-0.3, -0.25) is 9.59 Å². The van der Waals surface area contributed by atoms with E-state index in [2.05, 4.69) is 22.0 Å². The smallest absolute Gasteiger partial charge is 0.251 e. The Labute approximate surface area is 188 Å². The van der Waals surface area contributed by atoms with Gasteiger partial charge in [0.2, 0.25) is 5.91 Å². The molecule has 1 unspecified atom stereocenters. The second-order valence-corrected chi connectivity index (χ2v) is 7.84. The third kappa shape index (κ3) is 6.41. The molecule has 1 saturated heterocycles. The molecule has 0 aliphatic carbocycles. The van der Waals surface area contributed by atoms with Gasteiger partial charge in [-0.15, -0.1) is 0 Å². The van der Waals surface area contributed by atoms with Crippen LogP contribution < -0.4 is 16.0 Å². The molecule has 1 fully saturated rings. The summed E-state index contributed by atoms with van der Waals surface area (Å²) < 4.78 is 0. The predicted molar refractivity (Wildman–Crippen MR) is 121 cm³/mol. The van der Waals surface area contributed by atoms with Gasteiger partial charge in [-0.05, 0) is 48.2 Å². The number of rotatable bonds is 8. The standard InChI is InChI=1S/C25H27N5O2/c26-12-4-14-29-24(31)21-6-3-5-20(16-21)19-10-8-18(9-11-19)15-22(17-27)30-25(32)23-7-1-2-13-28-23/h3,5-6,8-11,16,22-23,28H,1-2,4,7,13-15H2,(H,29,31)(H,30,32)/t22-,23?/m0/s1.